The maximum Gasteiger partial charge on any atom is 0.133 e. The highest BCUT2D eigenvalue weighted by atomic mass is 16.5. The third kappa shape index (κ3) is 5.61. The number of benzene rings is 2. The second kappa shape index (κ2) is 10.1. The van der Waals surface area contributed by atoms with E-state index in [9.17, 15) is 0 Å². The minimum Gasteiger partial charge on any atom is -0.457 e. The van der Waals surface area contributed by atoms with Crippen LogP contribution < -0.4 is 4.74 Å². The minimum atomic E-state index is 0.00676. The number of ether oxygens (including phenoxy) is 2. The van der Waals surface area contributed by atoms with Gasteiger partial charge in [0.15, 0.2) is 0 Å². The van der Waals surface area contributed by atoms with Crippen LogP contribution in [0.1, 0.15) is 75.5 Å². The summed E-state index contributed by atoms with van der Waals surface area (Å²) in [6.07, 6.45) is 2.11. The van der Waals surface area contributed by atoms with E-state index in [2.05, 4.69) is 78.8 Å². The molecule has 2 rings (SSSR count). The summed E-state index contributed by atoms with van der Waals surface area (Å²) < 4.78 is 12.5. The molecule has 1 atom stereocenters. The summed E-state index contributed by atoms with van der Waals surface area (Å²) >= 11 is 0. The molecule has 2 nitrogen and oxygen atoms in total. The SMILES string of the molecule is CCOC(C)c1c(Oc2cccc(CC(C)C)c2CC(C)C)ccc(C)c1C. The number of hydrogen-bond donors (Lipinski definition) is 0. The maximum atomic E-state index is 6.59. The molecule has 0 aromatic heterocycles. The fourth-order valence-corrected chi connectivity index (χ4v) is 3.84. The van der Waals surface area contributed by atoms with Crippen LogP contribution in [0.4, 0.5) is 0 Å². The van der Waals surface area contributed by atoms with Crippen molar-refractivity contribution >= 4 is 0 Å². The zero-order valence-corrected chi connectivity index (χ0v) is 19.1. The van der Waals surface area contributed by atoms with Crippen LogP contribution in [0.3, 0.4) is 0 Å². The molecule has 0 spiro atoms. The summed E-state index contributed by atoms with van der Waals surface area (Å²) in [4.78, 5) is 0. The van der Waals surface area contributed by atoms with Crippen LogP contribution in [0.25, 0.3) is 0 Å². The lowest BCUT2D eigenvalue weighted by atomic mass is 9.92. The van der Waals surface area contributed by atoms with E-state index in [4.69, 9.17) is 9.47 Å². The minimum absolute atomic E-state index is 0.00676. The maximum absolute atomic E-state index is 6.59. The van der Waals surface area contributed by atoms with E-state index >= 15 is 0 Å². The predicted molar refractivity (Wildman–Crippen MR) is 120 cm³/mol. The first kappa shape index (κ1) is 22.5. The first-order valence-corrected chi connectivity index (χ1v) is 10.7. The molecule has 0 aliphatic rings. The van der Waals surface area contributed by atoms with Crippen LogP contribution in [0, 0.1) is 25.7 Å². The molecule has 0 N–H and O–H groups in total. The van der Waals surface area contributed by atoms with E-state index in [1.165, 1.54) is 22.3 Å². The van der Waals surface area contributed by atoms with E-state index in [0.29, 0.717) is 18.4 Å². The molecule has 0 amide bonds. The van der Waals surface area contributed by atoms with E-state index in [1.807, 2.05) is 6.92 Å². The number of hydrogen-bond acceptors (Lipinski definition) is 2. The fraction of sp³-hybridized carbons (Fsp3) is 0.538. The molecular weight excluding hydrogens is 344 g/mol. The standard InChI is InChI=1S/C26H38O2/c1-9-27-21(8)26-20(7)19(6)13-14-25(26)28-24-12-10-11-22(15-17(2)3)23(24)16-18(4)5/h10-14,17-18,21H,9,15-16H2,1-8H3. The molecule has 1 unspecified atom stereocenters. The Kier molecular flexibility index (Phi) is 8.12. The zero-order valence-electron chi connectivity index (χ0n) is 19.1. The van der Waals surface area contributed by atoms with Gasteiger partial charge in [0, 0.05) is 12.2 Å². The topological polar surface area (TPSA) is 18.5 Å². The summed E-state index contributed by atoms with van der Waals surface area (Å²) in [6, 6.07) is 10.7. The van der Waals surface area contributed by atoms with Gasteiger partial charge in [-0.25, -0.2) is 0 Å². The van der Waals surface area contributed by atoms with Crippen molar-refractivity contribution in [3.05, 3.63) is 58.1 Å². The Morgan fingerprint density at radius 2 is 1.50 bits per heavy atom. The van der Waals surface area contributed by atoms with E-state index in [-0.39, 0.29) is 6.10 Å². The van der Waals surface area contributed by atoms with Crippen LogP contribution in [0.5, 0.6) is 11.5 Å². The summed E-state index contributed by atoms with van der Waals surface area (Å²) in [5.41, 5.74) is 6.43. The monoisotopic (exact) mass is 382 g/mol. The first-order valence-electron chi connectivity index (χ1n) is 10.7. The number of aryl methyl sites for hydroxylation is 1. The Hall–Kier alpha value is -1.80. The molecule has 0 bridgehead atoms. The van der Waals surface area contributed by atoms with Gasteiger partial charge in [0.2, 0.25) is 0 Å². The van der Waals surface area contributed by atoms with Crippen LogP contribution in [-0.2, 0) is 17.6 Å². The van der Waals surface area contributed by atoms with Crippen molar-refractivity contribution in [1.29, 1.82) is 0 Å². The van der Waals surface area contributed by atoms with Gasteiger partial charge in [-0.1, -0.05) is 45.9 Å². The van der Waals surface area contributed by atoms with E-state index in [0.717, 1.165) is 29.9 Å². The Balaban J connectivity index is 2.52. The first-order chi connectivity index (χ1) is 13.2. The highest BCUT2D eigenvalue weighted by Crippen LogP contribution is 2.38. The molecule has 28 heavy (non-hydrogen) atoms. The molecule has 2 aromatic rings. The van der Waals surface area contributed by atoms with Crippen molar-refractivity contribution in [2.75, 3.05) is 6.61 Å². The Bertz CT molecular complexity index is 774. The van der Waals surface area contributed by atoms with Crippen molar-refractivity contribution in [1.82, 2.24) is 0 Å². The van der Waals surface area contributed by atoms with Gasteiger partial charge in [0.25, 0.3) is 0 Å². The summed E-state index contributed by atoms with van der Waals surface area (Å²) in [7, 11) is 0. The predicted octanol–water partition coefficient (Wildman–Crippen LogP) is 7.59. The molecule has 0 aliphatic carbocycles. The van der Waals surface area contributed by atoms with E-state index < -0.39 is 0 Å². The quantitative estimate of drug-likeness (QED) is 0.445. The van der Waals surface area contributed by atoms with Gasteiger partial charge in [-0.3, -0.25) is 0 Å². The normalized spacial score (nSPS) is 12.6. The summed E-state index contributed by atoms with van der Waals surface area (Å²) in [6.45, 7) is 18.3. The molecular formula is C26H38O2. The van der Waals surface area contributed by atoms with Gasteiger partial charge in [-0.15, -0.1) is 0 Å². The van der Waals surface area contributed by atoms with Gasteiger partial charge in [-0.2, -0.15) is 0 Å². The largest absolute Gasteiger partial charge is 0.457 e. The molecule has 0 heterocycles. The highest BCUT2D eigenvalue weighted by molar-refractivity contribution is 5.49. The van der Waals surface area contributed by atoms with E-state index in [1.54, 1.807) is 0 Å². The van der Waals surface area contributed by atoms with Gasteiger partial charge >= 0.3 is 0 Å². The van der Waals surface area contributed by atoms with Gasteiger partial charge in [-0.05, 0) is 86.8 Å². The van der Waals surface area contributed by atoms with Crippen molar-refractivity contribution < 1.29 is 9.47 Å². The molecule has 2 heteroatoms. The lowest BCUT2D eigenvalue weighted by molar-refractivity contribution is 0.0744. The summed E-state index contributed by atoms with van der Waals surface area (Å²) in [5, 5.41) is 0. The second-order valence-corrected chi connectivity index (χ2v) is 8.71. The molecule has 154 valence electrons. The molecule has 0 aliphatic heterocycles. The lowest BCUT2D eigenvalue weighted by Gasteiger charge is -2.23. The third-order valence-corrected chi connectivity index (χ3v) is 5.26. The number of rotatable bonds is 9. The van der Waals surface area contributed by atoms with Crippen LogP contribution in [0.15, 0.2) is 30.3 Å². The molecule has 0 saturated carbocycles. The summed E-state index contributed by atoms with van der Waals surface area (Å²) in [5.74, 6) is 3.10. The van der Waals surface area contributed by atoms with Gasteiger partial charge in [0.05, 0.1) is 6.10 Å². The van der Waals surface area contributed by atoms with Crippen LogP contribution in [0.2, 0.25) is 0 Å². The van der Waals surface area contributed by atoms with Crippen LogP contribution in [-0.4, -0.2) is 6.61 Å². The van der Waals surface area contributed by atoms with Crippen molar-refractivity contribution in [2.45, 2.75) is 74.3 Å². The van der Waals surface area contributed by atoms with Crippen molar-refractivity contribution in [3.8, 4) is 11.5 Å². The Morgan fingerprint density at radius 1 is 0.821 bits per heavy atom. The fourth-order valence-electron chi connectivity index (χ4n) is 3.84. The molecule has 0 radical (unpaired) electrons. The highest BCUT2D eigenvalue weighted by Gasteiger charge is 2.19. The second-order valence-electron chi connectivity index (χ2n) is 8.71. The zero-order chi connectivity index (χ0) is 20.8. The van der Waals surface area contributed by atoms with Gasteiger partial charge in [0.1, 0.15) is 11.5 Å². The molecule has 0 fully saturated rings. The van der Waals surface area contributed by atoms with Gasteiger partial charge < -0.3 is 9.47 Å². The average molecular weight is 383 g/mol. The molecule has 2 aromatic carbocycles. The van der Waals surface area contributed by atoms with Crippen LogP contribution >= 0.6 is 0 Å². The third-order valence-electron chi connectivity index (χ3n) is 5.26. The Morgan fingerprint density at radius 3 is 2.11 bits per heavy atom. The molecule has 0 saturated heterocycles. The lowest BCUT2D eigenvalue weighted by Crippen LogP contribution is -2.08. The van der Waals surface area contributed by atoms with Crippen molar-refractivity contribution in [2.24, 2.45) is 11.8 Å². The Labute approximate surface area is 172 Å². The smallest absolute Gasteiger partial charge is 0.133 e. The van der Waals surface area contributed by atoms with Crippen molar-refractivity contribution in [3.63, 3.8) is 0 Å². The average Bonchev–Trinajstić information content (AvgIpc) is 2.60.